The van der Waals surface area contributed by atoms with Gasteiger partial charge in [0.05, 0.1) is 16.9 Å². The zero-order valence-corrected chi connectivity index (χ0v) is 21.6. The highest BCUT2D eigenvalue weighted by Crippen LogP contribution is 2.32. The first-order valence-corrected chi connectivity index (χ1v) is 13.4. The van der Waals surface area contributed by atoms with Crippen LogP contribution in [0.5, 0.6) is 0 Å². The Kier molecular flexibility index (Phi) is 7.00. The summed E-state index contributed by atoms with van der Waals surface area (Å²) in [5, 5.41) is 0.869. The molecule has 0 amide bonds. The lowest BCUT2D eigenvalue weighted by molar-refractivity contribution is 0.601. The van der Waals surface area contributed by atoms with Crippen molar-refractivity contribution in [2.75, 3.05) is 4.72 Å². The van der Waals surface area contributed by atoms with Crippen LogP contribution < -0.4 is 4.72 Å². The van der Waals surface area contributed by atoms with Gasteiger partial charge in [0, 0.05) is 31.6 Å². The molecule has 2 aromatic carbocycles. The highest BCUT2D eigenvalue weighted by Gasteiger charge is 2.23. The number of hydrogen-bond donors (Lipinski definition) is 1. The molecule has 0 unspecified atom stereocenters. The van der Waals surface area contributed by atoms with Gasteiger partial charge >= 0.3 is 0 Å². The molecule has 160 valence electrons. The molecule has 0 spiro atoms. The molecular formula is C23H14BrClIN3O2S. The predicted octanol–water partition coefficient (Wildman–Crippen LogP) is 6.18. The second-order valence-electron chi connectivity index (χ2n) is 6.66. The molecule has 32 heavy (non-hydrogen) atoms. The van der Waals surface area contributed by atoms with Crippen molar-refractivity contribution in [3.63, 3.8) is 0 Å². The van der Waals surface area contributed by atoms with E-state index in [2.05, 4.69) is 65.1 Å². The van der Waals surface area contributed by atoms with Crippen molar-refractivity contribution in [2.24, 2.45) is 0 Å². The number of anilines is 1. The van der Waals surface area contributed by atoms with Gasteiger partial charge in [0.1, 0.15) is 10.0 Å². The summed E-state index contributed by atoms with van der Waals surface area (Å²) in [6, 6.07) is 17.6. The number of aromatic nitrogens is 2. The lowest BCUT2D eigenvalue weighted by Crippen LogP contribution is -2.15. The van der Waals surface area contributed by atoms with E-state index >= 15 is 0 Å². The number of para-hydroxylation sites is 1. The lowest BCUT2D eigenvalue weighted by Gasteiger charge is -2.13. The van der Waals surface area contributed by atoms with Gasteiger partial charge in [0.15, 0.2) is 0 Å². The summed E-state index contributed by atoms with van der Waals surface area (Å²) in [7, 11) is -4.00. The van der Waals surface area contributed by atoms with Crippen LogP contribution in [0.3, 0.4) is 0 Å². The Morgan fingerprint density at radius 1 is 1.03 bits per heavy atom. The van der Waals surface area contributed by atoms with Gasteiger partial charge in [-0.3, -0.25) is 9.71 Å². The van der Waals surface area contributed by atoms with Gasteiger partial charge < -0.3 is 0 Å². The second-order valence-corrected chi connectivity index (χ2v) is 10.3. The molecule has 2 aromatic heterocycles. The topological polar surface area (TPSA) is 72.0 Å². The summed E-state index contributed by atoms with van der Waals surface area (Å²) in [5.41, 5.74) is 2.90. The zero-order valence-electron chi connectivity index (χ0n) is 16.3. The summed E-state index contributed by atoms with van der Waals surface area (Å²) in [6.07, 6.45) is 1.70. The third kappa shape index (κ3) is 5.07. The first kappa shape index (κ1) is 23.0. The molecular weight excluding hydrogens is 625 g/mol. The highest BCUT2D eigenvalue weighted by atomic mass is 127. The first-order chi connectivity index (χ1) is 15.4. The summed E-state index contributed by atoms with van der Waals surface area (Å²) in [5.74, 6) is 6.07. The molecule has 0 radical (unpaired) electrons. The van der Waals surface area contributed by atoms with Crippen LogP contribution in [-0.2, 0) is 14.5 Å². The quantitative estimate of drug-likeness (QED) is 0.125. The normalized spacial score (nSPS) is 11.1. The Morgan fingerprint density at radius 2 is 1.81 bits per heavy atom. The lowest BCUT2D eigenvalue weighted by atomic mass is 10.1. The van der Waals surface area contributed by atoms with Crippen LogP contribution >= 0.6 is 50.1 Å². The van der Waals surface area contributed by atoms with Gasteiger partial charge in [-0.2, -0.15) is 0 Å². The first-order valence-electron chi connectivity index (χ1n) is 9.27. The van der Waals surface area contributed by atoms with Crippen LogP contribution in [0.2, 0.25) is 5.15 Å². The predicted molar refractivity (Wildman–Crippen MR) is 140 cm³/mol. The molecule has 4 rings (SSSR count). The number of rotatable bonds is 4. The second kappa shape index (κ2) is 9.75. The minimum absolute atomic E-state index is 0.0128. The molecule has 0 aliphatic heterocycles. The van der Waals surface area contributed by atoms with Gasteiger partial charge in [0.25, 0.3) is 10.0 Å². The maximum absolute atomic E-state index is 13.4. The Balaban J connectivity index is 1.73. The maximum atomic E-state index is 13.4. The van der Waals surface area contributed by atoms with Crippen LogP contribution in [0, 0.1) is 11.8 Å². The van der Waals surface area contributed by atoms with Crippen LogP contribution in [0.1, 0.15) is 16.8 Å². The molecule has 5 nitrogen and oxygen atoms in total. The number of nitrogens with one attached hydrogen (secondary N) is 1. The number of benzene rings is 2. The van der Waals surface area contributed by atoms with Gasteiger partial charge in [-0.25, -0.2) is 13.4 Å². The highest BCUT2D eigenvalue weighted by molar-refractivity contribution is 14.1. The van der Waals surface area contributed by atoms with Crippen molar-refractivity contribution in [1.29, 1.82) is 0 Å². The molecule has 1 N–H and O–H groups in total. The van der Waals surface area contributed by atoms with Crippen LogP contribution in [0.4, 0.5) is 5.69 Å². The van der Waals surface area contributed by atoms with Crippen LogP contribution in [-0.4, -0.2) is 18.4 Å². The van der Waals surface area contributed by atoms with Gasteiger partial charge in [-0.05, 0) is 58.4 Å². The van der Waals surface area contributed by atoms with E-state index in [9.17, 15) is 8.42 Å². The SMILES string of the molecule is O=S(=O)(Nc1ccccc1C#Cc1ccc(CI)nc1)c1c(Br)ccc2ccc(Cl)nc12. The Bertz CT molecular complexity index is 1480. The molecule has 0 aliphatic carbocycles. The number of fused-ring (bicyclic) bond motifs is 1. The molecule has 4 aromatic rings. The van der Waals surface area contributed by atoms with E-state index in [-0.39, 0.29) is 15.6 Å². The van der Waals surface area contributed by atoms with E-state index in [1.54, 1.807) is 54.7 Å². The summed E-state index contributed by atoms with van der Waals surface area (Å²) < 4.78 is 30.6. The van der Waals surface area contributed by atoms with E-state index < -0.39 is 10.0 Å². The van der Waals surface area contributed by atoms with Crippen molar-refractivity contribution in [2.45, 2.75) is 9.32 Å². The number of nitrogens with zero attached hydrogens (tertiary/aromatic N) is 2. The number of halogens is 3. The van der Waals surface area contributed by atoms with E-state index in [1.165, 1.54) is 0 Å². The number of pyridine rings is 2. The monoisotopic (exact) mass is 637 g/mol. The zero-order chi connectivity index (χ0) is 22.7. The Hall–Kier alpha value is -2.19. The Morgan fingerprint density at radius 3 is 2.56 bits per heavy atom. The van der Waals surface area contributed by atoms with E-state index in [1.807, 2.05) is 12.1 Å². The number of alkyl halides is 1. The summed E-state index contributed by atoms with van der Waals surface area (Å²) in [6.45, 7) is 0. The largest absolute Gasteiger partial charge is 0.278 e. The smallest absolute Gasteiger partial charge is 0.265 e. The molecule has 0 atom stereocenters. The minimum Gasteiger partial charge on any atom is -0.278 e. The third-order valence-electron chi connectivity index (χ3n) is 4.48. The average Bonchev–Trinajstić information content (AvgIpc) is 2.78. The van der Waals surface area contributed by atoms with Gasteiger partial charge in [-0.15, -0.1) is 0 Å². The molecule has 0 bridgehead atoms. The van der Waals surface area contributed by atoms with E-state index in [0.717, 1.165) is 15.7 Å². The van der Waals surface area contributed by atoms with Crippen molar-refractivity contribution in [3.05, 3.63) is 93.3 Å². The molecule has 0 saturated heterocycles. The summed E-state index contributed by atoms with van der Waals surface area (Å²) >= 11 is 11.6. The van der Waals surface area contributed by atoms with Crippen LogP contribution in [0.25, 0.3) is 10.9 Å². The molecule has 0 saturated carbocycles. The van der Waals surface area contributed by atoms with Crippen LogP contribution in [0.15, 0.2) is 76.2 Å². The third-order valence-corrected chi connectivity index (χ3v) is 7.83. The molecule has 0 fully saturated rings. The van der Waals surface area contributed by atoms with Gasteiger partial charge in [-0.1, -0.05) is 64.2 Å². The molecule has 9 heteroatoms. The van der Waals surface area contributed by atoms with Crippen molar-refractivity contribution >= 4 is 76.7 Å². The van der Waals surface area contributed by atoms with E-state index in [0.29, 0.717) is 21.1 Å². The fraction of sp³-hybridized carbons (Fsp3) is 0.0435. The van der Waals surface area contributed by atoms with Crippen molar-refractivity contribution in [3.8, 4) is 11.8 Å². The van der Waals surface area contributed by atoms with Gasteiger partial charge in [0.2, 0.25) is 0 Å². The minimum atomic E-state index is -4.00. The van der Waals surface area contributed by atoms with Crippen molar-refractivity contribution < 1.29 is 8.42 Å². The summed E-state index contributed by atoms with van der Waals surface area (Å²) in [4.78, 5) is 8.58. The maximum Gasteiger partial charge on any atom is 0.265 e. The molecule has 0 aliphatic rings. The number of sulfonamides is 1. The molecule has 2 heterocycles. The van der Waals surface area contributed by atoms with Crippen molar-refractivity contribution in [1.82, 2.24) is 9.97 Å². The fourth-order valence-corrected chi connectivity index (χ4v) is 5.83. The Labute approximate surface area is 213 Å². The standard InChI is InChI=1S/C23H14BrClIN3O2S/c24-19-11-8-17-9-12-21(25)28-22(17)23(19)32(30,31)29-20-4-2-1-3-16(20)7-5-15-6-10-18(13-26)27-14-15/h1-4,6,8-12,14,29H,13H2. The van der Waals surface area contributed by atoms with E-state index in [4.69, 9.17) is 11.6 Å². The average molecular weight is 639 g/mol. The number of hydrogen-bond acceptors (Lipinski definition) is 4. The fourth-order valence-electron chi connectivity index (χ4n) is 2.96.